The predicted octanol–water partition coefficient (Wildman–Crippen LogP) is 2.51. The van der Waals surface area contributed by atoms with Crippen LogP contribution in [0.25, 0.3) is 0 Å². The van der Waals surface area contributed by atoms with Gasteiger partial charge in [-0.3, -0.25) is 9.59 Å². The Kier molecular flexibility index (Phi) is 5.41. The highest BCUT2D eigenvalue weighted by Gasteiger charge is 2.40. The molecule has 1 amide bonds. The maximum atomic E-state index is 12.9. The van der Waals surface area contributed by atoms with Crippen molar-refractivity contribution in [3.63, 3.8) is 0 Å². The number of ketones is 1. The van der Waals surface area contributed by atoms with Crippen molar-refractivity contribution in [3.05, 3.63) is 29.0 Å². The first-order chi connectivity index (χ1) is 12.9. The highest BCUT2D eigenvalue weighted by atomic mass is 16.5. The molecule has 0 saturated heterocycles. The Morgan fingerprint density at radius 1 is 1.00 bits per heavy atom. The summed E-state index contributed by atoms with van der Waals surface area (Å²) in [5.41, 5.74) is 2.36. The normalized spacial score (nSPS) is 20.1. The highest BCUT2D eigenvalue weighted by Crippen LogP contribution is 2.46. The summed E-state index contributed by atoms with van der Waals surface area (Å²) < 4.78 is 16.3. The van der Waals surface area contributed by atoms with Crippen LogP contribution in [0, 0.1) is 0 Å². The van der Waals surface area contributed by atoms with Crippen molar-refractivity contribution in [2.24, 2.45) is 0 Å². The molecule has 27 heavy (non-hydrogen) atoms. The number of carbonyl (C=O) groups is 2. The van der Waals surface area contributed by atoms with Crippen molar-refractivity contribution in [1.29, 1.82) is 0 Å². The number of benzene rings is 1. The van der Waals surface area contributed by atoms with Crippen LogP contribution in [0.5, 0.6) is 17.2 Å². The third-order valence-corrected chi connectivity index (χ3v) is 5.14. The molecular formula is C20H26N2O5. The summed E-state index contributed by atoms with van der Waals surface area (Å²) >= 11 is 0. The third-order valence-electron chi connectivity index (χ3n) is 5.14. The number of Topliss-reactive ketones (excluding diaryl/α,β-unsaturated/α-hetero) is 1. The Morgan fingerprint density at radius 3 is 2.15 bits per heavy atom. The first-order valence-electron chi connectivity index (χ1n) is 8.99. The molecule has 0 radical (unpaired) electrons. The Balaban J connectivity index is 2.17. The molecule has 1 atom stereocenters. The highest BCUT2D eigenvalue weighted by molar-refractivity contribution is 6.01. The molecule has 7 heteroatoms. The second kappa shape index (κ2) is 7.60. The van der Waals surface area contributed by atoms with Crippen LogP contribution in [0.4, 0.5) is 0 Å². The number of allylic oxidation sites excluding steroid dienone is 2. The fourth-order valence-electron chi connectivity index (χ4n) is 4.03. The third kappa shape index (κ3) is 3.27. The molecule has 0 bridgehead atoms. The van der Waals surface area contributed by atoms with E-state index in [1.165, 1.54) is 0 Å². The van der Waals surface area contributed by atoms with E-state index < -0.39 is 0 Å². The summed E-state index contributed by atoms with van der Waals surface area (Å²) in [7, 11) is 8.29. The molecule has 146 valence electrons. The molecule has 0 unspecified atom stereocenters. The molecule has 0 N–H and O–H groups in total. The lowest BCUT2D eigenvalue weighted by Crippen LogP contribution is -2.47. The van der Waals surface area contributed by atoms with Crippen LogP contribution in [0.3, 0.4) is 0 Å². The van der Waals surface area contributed by atoms with E-state index in [4.69, 9.17) is 14.2 Å². The molecule has 1 aromatic carbocycles. The summed E-state index contributed by atoms with van der Waals surface area (Å²) in [5, 5.41) is 3.39. The summed E-state index contributed by atoms with van der Waals surface area (Å²) in [6.45, 7) is 0. The fraction of sp³-hybridized carbons (Fsp3) is 0.500. The first kappa shape index (κ1) is 19.2. The Labute approximate surface area is 159 Å². The van der Waals surface area contributed by atoms with Crippen LogP contribution < -0.4 is 14.2 Å². The number of amides is 1. The van der Waals surface area contributed by atoms with E-state index in [0.29, 0.717) is 30.1 Å². The van der Waals surface area contributed by atoms with Crippen LogP contribution in [0.15, 0.2) is 23.4 Å². The SMILES string of the molecule is COc1cc([C@H]2CC(=O)N(N(C)C)C3=C2C(=O)CCC3)cc(OC)c1OC. The molecule has 1 aliphatic heterocycles. The van der Waals surface area contributed by atoms with E-state index in [2.05, 4.69) is 0 Å². The summed E-state index contributed by atoms with van der Waals surface area (Å²) in [6.07, 6.45) is 2.21. The van der Waals surface area contributed by atoms with Gasteiger partial charge in [-0.1, -0.05) is 0 Å². The van der Waals surface area contributed by atoms with Crippen molar-refractivity contribution in [3.8, 4) is 17.2 Å². The number of hydrazine groups is 1. The van der Waals surface area contributed by atoms with Gasteiger partial charge in [-0.2, -0.15) is 0 Å². The van der Waals surface area contributed by atoms with Crippen LogP contribution in [0.1, 0.15) is 37.2 Å². The number of rotatable bonds is 5. The van der Waals surface area contributed by atoms with Gasteiger partial charge in [-0.25, -0.2) is 10.0 Å². The molecule has 7 nitrogen and oxygen atoms in total. The number of hydrogen-bond donors (Lipinski definition) is 0. The largest absolute Gasteiger partial charge is 0.493 e. The average Bonchev–Trinajstić information content (AvgIpc) is 2.65. The Bertz CT molecular complexity index is 775. The van der Waals surface area contributed by atoms with Gasteiger partial charge >= 0.3 is 0 Å². The smallest absolute Gasteiger partial charge is 0.242 e. The van der Waals surface area contributed by atoms with E-state index >= 15 is 0 Å². The van der Waals surface area contributed by atoms with Crippen LogP contribution in [-0.4, -0.2) is 57.1 Å². The van der Waals surface area contributed by atoms with Gasteiger partial charge in [-0.15, -0.1) is 0 Å². The monoisotopic (exact) mass is 374 g/mol. The molecule has 1 aliphatic carbocycles. The minimum absolute atomic E-state index is 0.0211. The van der Waals surface area contributed by atoms with Gasteiger partial charge in [0.25, 0.3) is 0 Å². The van der Waals surface area contributed by atoms with Gasteiger partial charge in [0.05, 0.1) is 21.3 Å². The molecule has 1 aromatic rings. The number of methoxy groups -OCH3 is 3. The summed E-state index contributed by atoms with van der Waals surface area (Å²) in [6, 6.07) is 3.66. The zero-order valence-corrected chi connectivity index (χ0v) is 16.5. The number of ether oxygens (including phenoxy) is 3. The zero-order chi connectivity index (χ0) is 19.7. The minimum Gasteiger partial charge on any atom is -0.493 e. The molecule has 1 heterocycles. The van der Waals surface area contributed by atoms with E-state index in [1.807, 2.05) is 26.2 Å². The minimum atomic E-state index is -0.315. The Hall–Kier alpha value is -2.54. The van der Waals surface area contributed by atoms with Gasteiger partial charge < -0.3 is 14.2 Å². The van der Waals surface area contributed by atoms with Crippen LogP contribution >= 0.6 is 0 Å². The lowest BCUT2D eigenvalue weighted by molar-refractivity contribution is -0.143. The van der Waals surface area contributed by atoms with Crippen LogP contribution in [-0.2, 0) is 9.59 Å². The second-order valence-electron chi connectivity index (χ2n) is 6.91. The number of hydrogen-bond acceptors (Lipinski definition) is 6. The van der Waals surface area contributed by atoms with Crippen molar-refractivity contribution in [2.75, 3.05) is 35.4 Å². The lowest BCUT2D eigenvalue weighted by atomic mass is 9.77. The molecule has 2 aliphatic rings. The molecular weight excluding hydrogens is 348 g/mol. The lowest BCUT2D eigenvalue weighted by Gasteiger charge is -2.41. The van der Waals surface area contributed by atoms with E-state index in [1.54, 1.807) is 31.3 Å². The van der Waals surface area contributed by atoms with E-state index in [-0.39, 0.29) is 24.0 Å². The number of nitrogens with zero attached hydrogens (tertiary/aromatic N) is 2. The average molecular weight is 374 g/mol. The maximum absolute atomic E-state index is 12.9. The topological polar surface area (TPSA) is 68.3 Å². The summed E-state index contributed by atoms with van der Waals surface area (Å²) in [4.78, 5) is 25.7. The van der Waals surface area contributed by atoms with Gasteiger partial charge in [0.2, 0.25) is 11.7 Å². The number of carbonyl (C=O) groups excluding carboxylic acids is 2. The van der Waals surface area contributed by atoms with Gasteiger partial charge in [-0.05, 0) is 30.5 Å². The van der Waals surface area contributed by atoms with Crippen molar-refractivity contribution in [2.45, 2.75) is 31.6 Å². The molecule has 0 saturated carbocycles. The molecule has 0 spiro atoms. The van der Waals surface area contributed by atoms with Gasteiger partial charge in [0.15, 0.2) is 17.3 Å². The first-order valence-corrected chi connectivity index (χ1v) is 8.99. The van der Waals surface area contributed by atoms with Crippen LogP contribution in [0.2, 0.25) is 0 Å². The second-order valence-corrected chi connectivity index (χ2v) is 6.91. The van der Waals surface area contributed by atoms with Gasteiger partial charge in [0, 0.05) is 44.1 Å². The maximum Gasteiger partial charge on any atom is 0.242 e. The molecule has 3 rings (SSSR count). The standard InChI is InChI=1S/C20H26N2O5/c1-21(2)22-14-7-6-8-15(23)19(14)13(11-18(22)24)12-9-16(25-3)20(27-5)17(10-12)26-4/h9-10,13H,6-8,11H2,1-5H3/t13-/m1/s1. The fourth-order valence-corrected chi connectivity index (χ4v) is 4.03. The van der Waals surface area contributed by atoms with E-state index in [9.17, 15) is 9.59 Å². The van der Waals surface area contributed by atoms with Crippen molar-refractivity contribution in [1.82, 2.24) is 10.0 Å². The summed E-state index contributed by atoms with van der Waals surface area (Å²) in [5.74, 6) is 1.29. The Morgan fingerprint density at radius 2 is 1.63 bits per heavy atom. The predicted molar refractivity (Wildman–Crippen MR) is 99.9 cm³/mol. The van der Waals surface area contributed by atoms with Crippen molar-refractivity contribution < 1.29 is 23.8 Å². The quantitative estimate of drug-likeness (QED) is 0.789. The zero-order valence-electron chi connectivity index (χ0n) is 16.5. The molecule has 0 aromatic heterocycles. The van der Waals surface area contributed by atoms with Crippen molar-refractivity contribution >= 4 is 11.7 Å². The van der Waals surface area contributed by atoms with Gasteiger partial charge in [0.1, 0.15) is 0 Å². The molecule has 0 fully saturated rings. The van der Waals surface area contributed by atoms with E-state index in [0.717, 1.165) is 23.3 Å².